The minimum absolute atomic E-state index is 0.0925. The summed E-state index contributed by atoms with van der Waals surface area (Å²) in [5.41, 5.74) is 3.37. The van der Waals surface area contributed by atoms with E-state index in [1.807, 2.05) is 34.1 Å². The van der Waals surface area contributed by atoms with Gasteiger partial charge in [-0.3, -0.25) is 4.79 Å². The summed E-state index contributed by atoms with van der Waals surface area (Å²) in [6, 6.07) is 17.2. The zero-order valence-electron chi connectivity index (χ0n) is 15.2. The van der Waals surface area contributed by atoms with Gasteiger partial charge in [-0.2, -0.15) is 5.26 Å². The van der Waals surface area contributed by atoms with Crippen molar-refractivity contribution in [2.24, 2.45) is 0 Å². The molecule has 1 unspecified atom stereocenters. The van der Waals surface area contributed by atoms with Crippen LogP contribution in [0.25, 0.3) is 0 Å². The maximum absolute atomic E-state index is 12.5. The van der Waals surface area contributed by atoms with E-state index >= 15 is 0 Å². The molecule has 0 saturated carbocycles. The first-order chi connectivity index (χ1) is 11.9. The highest BCUT2D eigenvalue weighted by molar-refractivity contribution is 5.94. The summed E-state index contributed by atoms with van der Waals surface area (Å²) in [6.45, 7) is 2.65. The van der Waals surface area contributed by atoms with Crippen LogP contribution in [0.1, 0.15) is 18.1 Å². The molecule has 0 fully saturated rings. The van der Waals surface area contributed by atoms with Crippen LogP contribution in [0, 0.1) is 11.3 Å². The lowest BCUT2D eigenvalue weighted by Crippen LogP contribution is -3.12. The third-order valence-electron chi connectivity index (χ3n) is 4.37. The van der Waals surface area contributed by atoms with Crippen LogP contribution in [-0.2, 0) is 11.3 Å². The van der Waals surface area contributed by atoms with E-state index in [4.69, 9.17) is 5.26 Å². The van der Waals surface area contributed by atoms with Gasteiger partial charge in [0.2, 0.25) is 0 Å². The molecule has 0 heterocycles. The Hall–Kier alpha value is -2.84. The first-order valence-corrected chi connectivity index (χ1v) is 8.31. The van der Waals surface area contributed by atoms with Crippen molar-refractivity contribution in [3.05, 3.63) is 59.7 Å². The number of carbonyl (C=O) groups excluding carboxylic acids is 1. The fourth-order valence-corrected chi connectivity index (χ4v) is 2.54. The van der Waals surface area contributed by atoms with Crippen molar-refractivity contribution in [1.82, 2.24) is 0 Å². The van der Waals surface area contributed by atoms with Gasteiger partial charge in [-0.15, -0.1) is 0 Å². The average Bonchev–Trinajstić information content (AvgIpc) is 2.61. The molecule has 0 spiro atoms. The van der Waals surface area contributed by atoms with E-state index in [0.717, 1.165) is 17.1 Å². The minimum Gasteiger partial charge on any atom is -0.378 e. The number of hydrogen-bond donors (Lipinski definition) is 2. The number of nitrogens with one attached hydrogen (secondary N) is 2. The van der Waals surface area contributed by atoms with Crippen molar-refractivity contribution >= 4 is 17.3 Å². The molecule has 0 aliphatic heterocycles. The second-order valence-electron chi connectivity index (χ2n) is 6.45. The molecule has 2 aromatic rings. The number of rotatable bonds is 6. The lowest BCUT2D eigenvalue weighted by molar-refractivity contribution is -0.907. The minimum atomic E-state index is -0.236. The second kappa shape index (κ2) is 8.32. The van der Waals surface area contributed by atoms with Gasteiger partial charge in [-0.05, 0) is 31.2 Å². The summed E-state index contributed by atoms with van der Waals surface area (Å²) < 4.78 is 0. The molecule has 0 radical (unpaired) electrons. The number of benzene rings is 2. The fraction of sp³-hybridized carbons (Fsp3) is 0.300. The van der Waals surface area contributed by atoms with Crippen LogP contribution in [0.5, 0.6) is 0 Å². The molecule has 5 nitrogen and oxygen atoms in total. The van der Waals surface area contributed by atoms with E-state index in [2.05, 4.69) is 40.6 Å². The Balaban J connectivity index is 2.00. The molecule has 2 rings (SSSR count). The molecule has 0 aliphatic carbocycles. The van der Waals surface area contributed by atoms with E-state index in [1.54, 1.807) is 18.2 Å². The maximum Gasteiger partial charge on any atom is 0.282 e. The fourth-order valence-electron chi connectivity index (χ4n) is 2.54. The van der Waals surface area contributed by atoms with Gasteiger partial charge in [0.05, 0.1) is 18.3 Å². The number of amides is 1. The Labute approximate surface area is 149 Å². The Kier molecular flexibility index (Phi) is 6.15. The van der Waals surface area contributed by atoms with E-state index in [1.165, 1.54) is 5.56 Å². The summed E-state index contributed by atoms with van der Waals surface area (Å²) in [4.78, 5) is 15.7. The molecule has 2 N–H and O–H groups in total. The number of quaternary nitrogens is 1. The smallest absolute Gasteiger partial charge is 0.282 e. The van der Waals surface area contributed by atoms with Crippen LogP contribution in [0.15, 0.2) is 48.5 Å². The van der Waals surface area contributed by atoms with E-state index in [-0.39, 0.29) is 11.9 Å². The molecule has 0 saturated heterocycles. The molecular weight excluding hydrogens is 312 g/mol. The molecule has 2 atom stereocenters. The van der Waals surface area contributed by atoms with Crippen LogP contribution in [0.3, 0.4) is 0 Å². The maximum atomic E-state index is 12.5. The molecule has 0 bridgehead atoms. The molecule has 25 heavy (non-hydrogen) atoms. The van der Waals surface area contributed by atoms with Crippen LogP contribution in [0.4, 0.5) is 11.4 Å². The predicted octanol–water partition coefficient (Wildman–Crippen LogP) is 1.67. The second-order valence-corrected chi connectivity index (χ2v) is 6.45. The molecule has 5 heteroatoms. The average molecular weight is 337 g/mol. The van der Waals surface area contributed by atoms with Gasteiger partial charge in [-0.1, -0.05) is 24.3 Å². The number of carbonyl (C=O) groups is 1. The normalized spacial score (nSPS) is 12.8. The lowest BCUT2D eigenvalue weighted by Gasteiger charge is -2.22. The summed E-state index contributed by atoms with van der Waals surface area (Å²) in [6.07, 6.45) is 0. The van der Waals surface area contributed by atoms with E-state index in [9.17, 15) is 4.79 Å². The standard InChI is InChI=1S/C20H24N4O/c1-15(20(25)22-19-8-6-5-7-17(19)13-21)24(4)14-16-9-11-18(12-10-16)23(2)3/h5-12,15H,14H2,1-4H3,(H,22,25)/p+1/t15-/m0/s1. The van der Waals surface area contributed by atoms with Crippen molar-refractivity contribution in [1.29, 1.82) is 5.26 Å². The Morgan fingerprint density at radius 3 is 2.44 bits per heavy atom. The molecule has 0 aliphatic rings. The van der Waals surface area contributed by atoms with E-state index in [0.29, 0.717) is 11.3 Å². The topological polar surface area (TPSA) is 60.6 Å². The van der Waals surface area contributed by atoms with Gasteiger partial charge < -0.3 is 15.1 Å². The van der Waals surface area contributed by atoms with Crippen molar-refractivity contribution < 1.29 is 9.69 Å². The largest absolute Gasteiger partial charge is 0.378 e. The van der Waals surface area contributed by atoms with Crippen LogP contribution in [-0.4, -0.2) is 33.1 Å². The molecule has 0 aromatic heterocycles. The number of nitrogens with zero attached hydrogens (tertiary/aromatic N) is 2. The molecule has 1 amide bonds. The zero-order chi connectivity index (χ0) is 18.4. The Bertz CT molecular complexity index is 762. The molecule has 2 aromatic carbocycles. The number of anilines is 2. The van der Waals surface area contributed by atoms with Crippen LogP contribution in [0.2, 0.25) is 0 Å². The van der Waals surface area contributed by atoms with Gasteiger partial charge in [0.1, 0.15) is 12.6 Å². The Morgan fingerprint density at radius 2 is 1.84 bits per heavy atom. The number of nitriles is 1. The zero-order valence-corrected chi connectivity index (χ0v) is 15.2. The van der Waals surface area contributed by atoms with Crippen molar-refractivity contribution in [3.8, 4) is 6.07 Å². The predicted molar refractivity (Wildman–Crippen MR) is 101 cm³/mol. The van der Waals surface area contributed by atoms with Gasteiger partial charge in [-0.25, -0.2) is 0 Å². The van der Waals surface area contributed by atoms with Crippen LogP contribution >= 0.6 is 0 Å². The molecular formula is C20H25N4O+. The van der Waals surface area contributed by atoms with Gasteiger partial charge in [0, 0.05) is 25.3 Å². The van der Waals surface area contributed by atoms with Gasteiger partial charge in [0.25, 0.3) is 5.91 Å². The quantitative estimate of drug-likeness (QED) is 0.843. The van der Waals surface area contributed by atoms with Crippen molar-refractivity contribution in [2.45, 2.75) is 19.5 Å². The monoisotopic (exact) mass is 337 g/mol. The Morgan fingerprint density at radius 1 is 1.20 bits per heavy atom. The molecule has 130 valence electrons. The number of para-hydroxylation sites is 1. The summed E-state index contributed by atoms with van der Waals surface area (Å²) in [5.74, 6) is -0.0925. The van der Waals surface area contributed by atoms with Crippen molar-refractivity contribution in [3.63, 3.8) is 0 Å². The summed E-state index contributed by atoms with van der Waals surface area (Å²) in [5, 5.41) is 12.0. The number of likely N-dealkylation sites (N-methyl/N-ethyl adjacent to an activating group) is 1. The van der Waals surface area contributed by atoms with Gasteiger partial charge >= 0.3 is 0 Å². The number of hydrogen-bond acceptors (Lipinski definition) is 3. The van der Waals surface area contributed by atoms with Crippen molar-refractivity contribution in [2.75, 3.05) is 31.4 Å². The first-order valence-electron chi connectivity index (χ1n) is 8.31. The summed E-state index contributed by atoms with van der Waals surface area (Å²) in [7, 11) is 6.02. The van der Waals surface area contributed by atoms with Crippen LogP contribution < -0.4 is 15.1 Å². The SMILES string of the molecule is C[C@@H](C(=O)Nc1ccccc1C#N)[NH+](C)Cc1ccc(N(C)C)cc1. The first kappa shape index (κ1) is 18.5. The third kappa shape index (κ3) is 4.82. The highest BCUT2D eigenvalue weighted by atomic mass is 16.2. The highest BCUT2D eigenvalue weighted by Crippen LogP contribution is 2.14. The highest BCUT2D eigenvalue weighted by Gasteiger charge is 2.22. The lowest BCUT2D eigenvalue weighted by atomic mass is 10.1. The third-order valence-corrected chi connectivity index (χ3v) is 4.37. The van der Waals surface area contributed by atoms with E-state index < -0.39 is 0 Å². The van der Waals surface area contributed by atoms with Gasteiger partial charge in [0.15, 0.2) is 6.04 Å². The summed E-state index contributed by atoms with van der Waals surface area (Å²) >= 11 is 0.